The summed E-state index contributed by atoms with van der Waals surface area (Å²) in [5.41, 5.74) is 10.5. The third kappa shape index (κ3) is 1.91. The van der Waals surface area contributed by atoms with Gasteiger partial charge in [-0.15, -0.1) is 0 Å². The highest BCUT2D eigenvalue weighted by Crippen LogP contribution is 2.41. The van der Waals surface area contributed by atoms with Crippen LogP contribution in [0.2, 0.25) is 0 Å². The van der Waals surface area contributed by atoms with Crippen LogP contribution in [-0.4, -0.2) is 9.97 Å². The minimum absolute atomic E-state index is 0.270. The van der Waals surface area contributed by atoms with Crippen LogP contribution in [0.5, 0.6) is 0 Å². The van der Waals surface area contributed by atoms with E-state index in [9.17, 15) is 0 Å². The number of hydrogen-bond donors (Lipinski definition) is 1. The molecule has 3 rings (SSSR count). The van der Waals surface area contributed by atoms with Crippen molar-refractivity contribution in [3.05, 3.63) is 47.4 Å². The summed E-state index contributed by atoms with van der Waals surface area (Å²) in [4.78, 5) is 8.96. The standard InChI is InChI=1S/C15H17N3/c1-10-3-4-11(2)12(9-10)13-5-8-17-14(18-13)15(16)6-7-15/h3-5,8-9H,6-7,16H2,1-2H3. The number of aromatic nitrogens is 2. The fourth-order valence-corrected chi connectivity index (χ4v) is 2.12. The quantitative estimate of drug-likeness (QED) is 0.876. The van der Waals surface area contributed by atoms with Gasteiger partial charge in [0.1, 0.15) is 5.82 Å². The Morgan fingerprint density at radius 1 is 1.17 bits per heavy atom. The lowest BCUT2D eigenvalue weighted by atomic mass is 10.0. The molecule has 2 N–H and O–H groups in total. The first-order valence-corrected chi connectivity index (χ1v) is 6.28. The van der Waals surface area contributed by atoms with Gasteiger partial charge in [-0.1, -0.05) is 17.7 Å². The van der Waals surface area contributed by atoms with Gasteiger partial charge >= 0.3 is 0 Å². The van der Waals surface area contributed by atoms with Crippen molar-refractivity contribution in [2.45, 2.75) is 32.2 Å². The maximum absolute atomic E-state index is 6.16. The summed E-state index contributed by atoms with van der Waals surface area (Å²) in [6.45, 7) is 4.20. The number of hydrogen-bond acceptors (Lipinski definition) is 3. The normalized spacial score (nSPS) is 16.6. The Labute approximate surface area is 107 Å². The summed E-state index contributed by atoms with van der Waals surface area (Å²) >= 11 is 0. The van der Waals surface area contributed by atoms with Gasteiger partial charge in [-0.3, -0.25) is 0 Å². The minimum atomic E-state index is -0.270. The Morgan fingerprint density at radius 2 is 1.94 bits per heavy atom. The van der Waals surface area contributed by atoms with Crippen LogP contribution < -0.4 is 5.73 Å². The summed E-state index contributed by atoms with van der Waals surface area (Å²) in [5.74, 6) is 0.779. The predicted octanol–water partition coefficient (Wildman–Crippen LogP) is 2.71. The van der Waals surface area contributed by atoms with Crippen molar-refractivity contribution < 1.29 is 0 Å². The second kappa shape index (κ2) is 3.89. The molecule has 0 unspecified atom stereocenters. The van der Waals surface area contributed by atoms with Crippen LogP contribution in [0.3, 0.4) is 0 Å². The largest absolute Gasteiger partial charge is 0.319 e. The molecular weight excluding hydrogens is 222 g/mol. The maximum Gasteiger partial charge on any atom is 0.148 e. The van der Waals surface area contributed by atoms with Gasteiger partial charge in [-0.05, 0) is 44.4 Å². The molecular formula is C15H17N3. The van der Waals surface area contributed by atoms with E-state index < -0.39 is 0 Å². The predicted molar refractivity (Wildman–Crippen MR) is 72.0 cm³/mol. The number of benzene rings is 1. The zero-order chi connectivity index (χ0) is 12.8. The van der Waals surface area contributed by atoms with E-state index in [4.69, 9.17) is 5.73 Å². The van der Waals surface area contributed by atoms with Crippen LogP contribution in [0.25, 0.3) is 11.3 Å². The lowest BCUT2D eigenvalue weighted by molar-refractivity contribution is 0.673. The summed E-state index contributed by atoms with van der Waals surface area (Å²) < 4.78 is 0. The van der Waals surface area contributed by atoms with Crippen molar-refractivity contribution in [1.82, 2.24) is 9.97 Å². The first-order chi connectivity index (χ1) is 8.58. The zero-order valence-corrected chi connectivity index (χ0v) is 10.8. The first-order valence-electron chi connectivity index (χ1n) is 6.28. The molecule has 1 aromatic heterocycles. The SMILES string of the molecule is Cc1ccc(C)c(-c2ccnc(C3(N)CC3)n2)c1. The fourth-order valence-electron chi connectivity index (χ4n) is 2.12. The third-order valence-corrected chi connectivity index (χ3v) is 3.56. The Kier molecular flexibility index (Phi) is 2.45. The molecule has 3 nitrogen and oxygen atoms in total. The Hall–Kier alpha value is -1.74. The summed E-state index contributed by atoms with van der Waals surface area (Å²) in [5, 5.41) is 0. The second-order valence-electron chi connectivity index (χ2n) is 5.24. The lowest BCUT2D eigenvalue weighted by Crippen LogP contribution is -2.22. The molecule has 1 aliphatic carbocycles. The van der Waals surface area contributed by atoms with Crippen molar-refractivity contribution in [2.24, 2.45) is 5.73 Å². The molecule has 92 valence electrons. The smallest absolute Gasteiger partial charge is 0.148 e. The van der Waals surface area contributed by atoms with E-state index in [1.54, 1.807) is 0 Å². The molecule has 0 aliphatic heterocycles. The number of nitrogens with zero attached hydrogens (tertiary/aromatic N) is 2. The molecule has 0 bridgehead atoms. The summed E-state index contributed by atoms with van der Waals surface area (Å²) in [7, 11) is 0. The topological polar surface area (TPSA) is 51.8 Å². The molecule has 0 amide bonds. The summed E-state index contributed by atoms with van der Waals surface area (Å²) in [6, 6.07) is 8.36. The molecule has 0 spiro atoms. The Bertz CT molecular complexity index is 600. The van der Waals surface area contributed by atoms with Crippen molar-refractivity contribution in [3.63, 3.8) is 0 Å². The molecule has 1 aliphatic rings. The second-order valence-corrected chi connectivity index (χ2v) is 5.24. The van der Waals surface area contributed by atoms with Gasteiger partial charge in [0.2, 0.25) is 0 Å². The minimum Gasteiger partial charge on any atom is -0.319 e. The van der Waals surface area contributed by atoms with E-state index in [1.807, 2.05) is 12.3 Å². The van der Waals surface area contributed by atoms with Crippen LogP contribution in [0.4, 0.5) is 0 Å². The molecule has 0 radical (unpaired) electrons. The van der Waals surface area contributed by atoms with E-state index in [1.165, 1.54) is 16.7 Å². The highest BCUT2D eigenvalue weighted by Gasteiger charge is 2.43. The van der Waals surface area contributed by atoms with Crippen molar-refractivity contribution in [2.75, 3.05) is 0 Å². The van der Waals surface area contributed by atoms with E-state index >= 15 is 0 Å². The van der Waals surface area contributed by atoms with Gasteiger partial charge in [0, 0.05) is 11.8 Å². The van der Waals surface area contributed by atoms with Crippen LogP contribution in [0.15, 0.2) is 30.5 Å². The molecule has 1 saturated carbocycles. The highest BCUT2D eigenvalue weighted by atomic mass is 15.0. The third-order valence-electron chi connectivity index (χ3n) is 3.56. The molecule has 1 aromatic carbocycles. The van der Waals surface area contributed by atoms with Gasteiger partial charge in [-0.25, -0.2) is 9.97 Å². The number of nitrogens with two attached hydrogens (primary N) is 1. The average molecular weight is 239 g/mol. The number of aryl methyl sites for hydroxylation is 2. The van der Waals surface area contributed by atoms with Crippen molar-refractivity contribution in [1.29, 1.82) is 0 Å². The van der Waals surface area contributed by atoms with E-state index in [-0.39, 0.29) is 5.54 Å². The Morgan fingerprint density at radius 3 is 2.67 bits per heavy atom. The molecule has 0 atom stereocenters. The molecule has 18 heavy (non-hydrogen) atoms. The van der Waals surface area contributed by atoms with Gasteiger partial charge in [0.05, 0.1) is 11.2 Å². The molecule has 2 aromatic rings. The van der Waals surface area contributed by atoms with Gasteiger partial charge < -0.3 is 5.73 Å². The molecule has 1 heterocycles. The van der Waals surface area contributed by atoms with Crippen LogP contribution in [0.1, 0.15) is 29.8 Å². The maximum atomic E-state index is 6.16. The van der Waals surface area contributed by atoms with Crippen LogP contribution in [-0.2, 0) is 5.54 Å². The lowest BCUT2D eigenvalue weighted by Gasteiger charge is -2.10. The van der Waals surface area contributed by atoms with E-state index in [2.05, 4.69) is 42.0 Å². The van der Waals surface area contributed by atoms with Crippen molar-refractivity contribution in [3.8, 4) is 11.3 Å². The fraction of sp³-hybridized carbons (Fsp3) is 0.333. The average Bonchev–Trinajstić information content (AvgIpc) is 3.12. The van der Waals surface area contributed by atoms with E-state index in [0.29, 0.717) is 0 Å². The monoisotopic (exact) mass is 239 g/mol. The van der Waals surface area contributed by atoms with Crippen LogP contribution >= 0.6 is 0 Å². The molecule has 1 fully saturated rings. The molecule has 3 heteroatoms. The number of rotatable bonds is 2. The van der Waals surface area contributed by atoms with Gasteiger partial charge in [0.25, 0.3) is 0 Å². The molecule has 0 saturated heterocycles. The van der Waals surface area contributed by atoms with Gasteiger partial charge in [0.15, 0.2) is 0 Å². The Balaban J connectivity index is 2.09. The highest BCUT2D eigenvalue weighted by molar-refractivity contribution is 5.64. The zero-order valence-electron chi connectivity index (χ0n) is 10.8. The van der Waals surface area contributed by atoms with Crippen LogP contribution in [0, 0.1) is 13.8 Å². The summed E-state index contributed by atoms with van der Waals surface area (Å²) in [6.07, 6.45) is 3.79. The van der Waals surface area contributed by atoms with E-state index in [0.717, 1.165) is 24.4 Å². The first kappa shape index (κ1) is 11.4. The van der Waals surface area contributed by atoms with Crippen molar-refractivity contribution >= 4 is 0 Å². The van der Waals surface area contributed by atoms with Gasteiger partial charge in [-0.2, -0.15) is 0 Å².